The van der Waals surface area contributed by atoms with Gasteiger partial charge < -0.3 is 29.2 Å². The first-order chi connectivity index (χ1) is 22.7. The van der Waals surface area contributed by atoms with Gasteiger partial charge >= 0.3 is 41.9 Å². The van der Waals surface area contributed by atoms with Crippen LogP contribution in [0.15, 0.2) is 95.4 Å². The molecule has 0 bridgehead atoms. The molecule has 1 aliphatic rings. The number of aryl methyl sites for hydroxylation is 5. The third-order valence-electron chi connectivity index (χ3n) is 9.44. The Morgan fingerprint density at radius 2 is 1.30 bits per heavy atom. The summed E-state index contributed by atoms with van der Waals surface area (Å²) in [5.74, 6) is 1.97. The summed E-state index contributed by atoms with van der Waals surface area (Å²) < 4.78 is 6.32. The standard InChI is InChI=1S/C43H41O.C2H6Si.2ClH.Zr/c1-25-19-26(2)21-32(20-25)41-27(3)9-12-31-22-33(23-36(31)41)42-35-17-10-28(4)40(30-13-15-34(16-14-30)43(6,7)8)37(35)24-38(42)39-18-11-29(5)44-39;1-3-2;;;/h9-24,42H,1-8H3;1-2H3;2*1H;/q-1;;;;+2/p-2. The van der Waals surface area contributed by atoms with E-state index in [2.05, 4.69) is 159 Å². The molecule has 1 aliphatic carbocycles. The van der Waals surface area contributed by atoms with E-state index < -0.39 is 0 Å². The first-order valence-electron chi connectivity index (χ1n) is 17.0. The molecule has 0 amide bonds. The molecule has 0 saturated carbocycles. The van der Waals surface area contributed by atoms with Crippen LogP contribution < -0.4 is 24.8 Å². The number of halogens is 2. The predicted molar refractivity (Wildman–Crippen MR) is 205 cm³/mol. The molecule has 1 aromatic heterocycles. The topological polar surface area (TPSA) is 13.1 Å². The van der Waals surface area contributed by atoms with E-state index in [9.17, 15) is 0 Å². The van der Waals surface area contributed by atoms with Gasteiger partial charge in [-0.3, -0.25) is 0 Å². The van der Waals surface area contributed by atoms with E-state index >= 15 is 0 Å². The second-order valence-electron chi connectivity index (χ2n) is 15.0. The maximum Gasteiger partial charge on any atom is 0.131 e. The molecular formula is C45H47Cl2OSiZr-. The van der Waals surface area contributed by atoms with Gasteiger partial charge in [-0.05, 0) is 97.2 Å². The Morgan fingerprint density at radius 3 is 1.88 bits per heavy atom. The normalized spacial score (nSPS) is 13.5. The van der Waals surface area contributed by atoms with Crippen LogP contribution in [0.25, 0.3) is 44.7 Å². The van der Waals surface area contributed by atoms with Crippen LogP contribution in [0.4, 0.5) is 0 Å². The molecular weight excluding hydrogens is 747 g/mol. The van der Waals surface area contributed by atoms with Crippen LogP contribution in [0.2, 0.25) is 13.1 Å². The molecule has 0 saturated heterocycles. The van der Waals surface area contributed by atoms with Gasteiger partial charge in [-0.25, -0.2) is 0 Å². The number of rotatable bonds is 4. The summed E-state index contributed by atoms with van der Waals surface area (Å²) in [7, 11) is 0. The zero-order valence-electron chi connectivity index (χ0n) is 31.0. The van der Waals surface area contributed by atoms with Crippen LogP contribution in [0, 0.1) is 34.6 Å². The Bertz CT molecular complexity index is 2180. The van der Waals surface area contributed by atoms with E-state index in [4.69, 9.17) is 4.42 Å². The van der Waals surface area contributed by atoms with E-state index in [1.807, 2.05) is 6.92 Å². The fourth-order valence-electron chi connectivity index (χ4n) is 7.32. The molecule has 256 valence electrons. The minimum absolute atomic E-state index is 0. The third kappa shape index (κ3) is 8.13. The van der Waals surface area contributed by atoms with Gasteiger partial charge in [-0.1, -0.05) is 97.6 Å². The molecule has 1 atom stereocenters. The fraction of sp³-hybridized carbons (Fsp3) is 0.267. The van der Waals surface area contributed by atoms with Crippen LogP contribution in [0.1, 0.15) is 82.7 Å². The molecule has 0 radical (unpaired) electrons. The summed E-state index contributed by atoms with van der Waals surface area (Å²) in [6.45, 7) is 22.3. The number of hydrogen-bond acceptors (Lipinski definition) is 1. The second kappa shape index (κ2) is 15.8. The Labute approximate surface area is 327 Å². The van der Waals surface area contributed by atoms with Crippen molar-refractivity contribution >= 4 is 27.9 Å². The van der Waals surface area contributed by atoms with Crippen LogP contribution in [0.5, 0.6) is 0 Å². The van der Waals surface area contributed by atoms with Crippen LogP contribution in [-0.2, 0) is 28.8 Å². The van der Waals surface area contributed by atoms with Gasteiger partial charge in [0.1, 0.15) is 11.5 Å². The quantitative estimate of drug-likeness (QED) is 0.142. The molecule has 5 aromatic carbocycles. The molecule has 5 heteroatoms. The van der Waals surface area contributed by atoms with Crippen LogP contribution >= 0.6 is 0 Å². The van der Waals surface area contributed by atoms with Crippen molar-refractivity contribution in [1.29, 1.82) is 0 Å². The summed E-state index contributed by atoms with van der Waals surface area (Å²) in [6, 6.07) is 34.4. The molecule has 50 heavy (non-hydrogen) atoms. The van der Waals surface area contributed by atoms with Crippen molar-refractivity contribution in [3.05, 3.63) is 147 Å². The largest absolute Gasteiger partial charge is 1.00 e. The van der Waals surface area contributed by atoms with Gasteiger partial charge in [-0.15, -0.1) is 34.5 Å². The number of fused-ring (bicyclic) bond motifs is 2. The molecule has 1 nitrogen and oxygen atoms in total. The maximum atomic E-state index is 6.32. The summed E-state index contributed by atoms with van der Waals surface area (Å²) >= 11 is 1.74. The number of allylic oxidation sites excluding steroid dienone is 1. The SMILES string of the molecule is C[Si](C)=[Zr+2].Cc1cc(C)cc(-c2c(C)ccc3[cH-]c(C4C(c5ccc(C)o5)=Cc5c4ccc(C)c5-c4ccc(C(C)(C)C)cc4)cc23)c1.[Cl-].[Cl-]. The maximum absolute atomic E-state index is 6.32. The minimum Gasteiger partial charge on any atom is -1.00 e. The van der Waals surface area contributed by atoms with Crippen molar-refractivity contribution in [2.45, 2.75) is 79.8 Å². The summed E-state index contributed by atoms with van der Waals surface area (Å²) in [5.41, 5.74) is 17.3. The first kappa shape index (κ1) is 40.0. The van der Waals surface area contributed by atoms with Gasteiger partial charge in [0.25, 0.3) is 0 Å². The van der Waals surface area contributed by atoms with Crippen molar-refractivity contribution in [1.82, 2.24) is 0 Å². The van der Waals surface area contributed by atoms with Gasteiger partial charge in [0, 0.05) is 11.5 Å². The van der Waals surface area contributed by atoms with Crippen molar-refractivity contribution in [2.75, 3.05) is 0 Å². The Balaban J connectivity index is 0.000000890. The Morgan fingerprint density at radius 1 is 0.700 bits per heavy atom. The molecule has 0 fully saturated rings. The molecule has 1 unspecified atom stereocenters. The van der Waals surface area contributed by atoms with Gasteiger partial charge in [0.2, 0.25) is 0 Å². The summed E-state index contributed by atoms with van der Waals surface area (Å²) in [5, 5.41) is 2.60. The number of hydrogen-bond donors (Lipinski definition) is 0. The number of benzene rings is 4. The fourth-order valence-corrected chi connectivity index (χ4v) is 7.32. The first-order valence-corrected chi connectivity index (χ1v) is 23.2. The monoisotopic (exact) mass is 791 g/mol. The molecule has 0 aliphatic heterocycles. The van der Waals surface area contributed by atoms with Crippen LogP contribution in [0.3, 0.4) is 0 Å². The zero-order chi connectivity index (χ0) is 34.5. The van der Waals surface area contributed by atoms with Crippen molar-refractivity contribution in [3.63, 3.8) is 0 Å². The van der Waals surface area contributed by atoms with Gasteiger partial charge in [0.05, 0.1) is 0 Å². The Kier molecular flexibility index (Phi) is 12.7. The van der Waals surface area contributed by atoms with Crippen molar-refractivity contribution in [3.8, 4) is 22.3 Å². The van der Waals surface area contributed by atoms with Crippen LogP contribution in [-0.4, -0.2) is 5.43 Å². The average molecular weight is 794 g/mol. The molecule has 0 N–H and O–H groups in total. The zero-order valence-corrected chi connectivity index (χ0v) is 35.9. The molecule has 7 rings (SSSR count). The Hall–Kier alpha value is -2.81. The number of furan rings is 1. The molecule has 0 spiro atoms. The van der Waals surface area contributed by atoms with E-state index in [0.29, 0.717) is 0 Å². The van der Waals surface area contributed by atoms with E-state index in [1.165, 1.54) is 83.1 Å². The molecule has 6 aromatic rings. The van der Waals surface area contributed by atoms with E-state index in [1.54, 1.807) is 23.3 Å². The average Bonchev–Trinajstić information content (AvgIpc) is 3.72. The summed E-state index contributed by atoms with van der Waals surface area (Å²) in [6.07, 6.45) is 2.39. The van der Waals surface area contributed by atoms with E-state index in [0.717, 1.165) is 11.5 Å². The van der Waals surface area contributed by atoms with Gasteiger partial charge in [0.15, 0.2) is 0 Å². The smallest absolute Gasteiger partial charge is 0.131 e. The van der Waals surface area contributed by atoms with Crippen molar-refractivity contribution < 1.29 is 52.6 Å². The minimum atomic E-state index is 0. The third-order valence-corrected chi connectivity index (χ3v) is 9.44. The van der Waals surface area contributed by atoms with Crippen molar-refractivity contribution in [2.24, 2.45) is 0 Å². The van der Waals surface area contributed by atoms with E-state index in [-0.39, 0.29) is 41.6 Å². The summed E-state index contributed by atoms with van der Waals surface area (Å²) in [4.78, 5) is 0. The van der Waals surface area contributed by atoms with Gasteiger partial charge in [-0.2, -0.15) is 6.07 Å². The second-order valence-corrected chi connectivity index (χ2v) is 24.3. The molecule has 1 heterocycles. The predicted octanol–water partition coefficient (Wildman–Crippen LogP) is 6.80.